The Labute approximate surface area is 151 Å². The summed E-state index contributed by atoms with van der Waals surface area (Å²) in [6.45, 7) is 2.48. The Bertz CT molecular complexity index is 759. The van der Waals surface area contributed by atoms with Crippen LogP contribution < -0.4 is 15.0 Å². The lowest BCUT2D eigenvalue weighted by Gasteiger charge is -2.16. The predicted molar refractivity (Wildman–Crippen MR) is 100 cm³/mol. The Hall–Kier alpha value is -2.47. The van der Waals surface area contributed by atoms with E-state index in [9.17, 15) is 9.59 Å². The molecule has 1 aliphatic rings. The first kappa shape index (κ1) is 17.4. The molecule has 1 atom stereocenters. The van der Waals surface area contributed by atoms with Gasteiger partial charge in [-0.2, -0.15) is 0 Å². The number of anilines is 2. The predicted octanol–water partition coefficient (Wildman–Crippen LogP) is 3.55. The summed E-state index contributed by atoms with van der Waals surface area (Å²) in [5.41, 5.74) is 1.40. The maximum Gasteiger partial charge on any atom is 0.256 e. The molecule has 1 aliphatic heterocycles. The van der Waals surface area contributed by atoms with Gasteiger partial charge in [0.1, 0.15) is 11.8 Å². The molecule has 0 spiro atoms. The Kier molecular flexibility index (Phi) is 5.28. The van der Waals surface area contributed by atoms with E-state index in [0.29, 0.717) is 18.0 Å². The van der Waals surface area contributed by atoms with Crippen molar-refractivity contribution in [3.8, 4) is 5.75 Å². The number of nitrogens with zero attached hydrogens (tertiary/aromatic N) is 1. The molecule has 5 nitrogen and oxygen atoms in total. The van der Waals surface area contributed by atoms with Crippen LogP contribution in [0.4, 0.5) is 11.4 Å². The summed E-state index contributed by atoms with van der Waals surface area (Å²) >= 11 is 1.66. The summed E-state index contributed by atoms with van der Waals surface area (Å²) in [6, 6.07) is 14.3. The largest absolute Gasteiger partial charge is 0.494 e. The summed E-state index contributed by atoms with van der Waals surface area (Å²) in [7, 11) is 0. The van der Waals surface area contributed by atoms with Crippen molar-refractivity contribution >= 4 is 35.0 Å². The van der Waals surface area contributed by atoms with E-state index in [-0.39, 0.29) is 18.2 Å². The van der Waals surface area contributed by atoms with E-state index in [4.69, 9.17) is 4.74 Å². The van der Waals surface area contributed by atoms with Crippen LogP contribution in [0.5, 0.6) is 5.75 Å². The average Bonchev–Trinajstić information content (AvgIpc) is 2.90. The lowest BCUT2D eigenvalue weighted by Crippen LogP contribution is -2.34. The molecule has 3 rings (SSSR count). The van der Waals surface area contributed by atoms with Gasteiger partial charge in [-0.25, -0.2) is 4.90 Å². The van der Waals surface area contributed by atoms with Crippen LogP contribution in [0, 0.1) is 0 Å². The molecular formula is C19H20N2O3S. The number of ether oxygens (including phenoxy) is 1. The number of nitrogens with one attached hydrogen (secondary N) is 1. The highest BCUT2D eigenvalue weighted by Gasteiger charge is 2.39. The fourth-order valence-corrected chi connectivity index (χ4v) is 3.17. The van der Waals surface area contributed by atoms with Crippen molar-refractivity contribution < 1.29 is 14.3 Å². The van der Waals surface area contributed by atoms with Crippen molar-refractivity contribution in [3.63, 3.8) is 0 Å². The van der Waals surface area contributed by atoms with Crippen LogP contribution in [-0.4, -0.2) is 30.7 Å². The van der Waals surface area contributed by atoms with Crippen LogP contribution in [0.15, 0.2) is 53.4 Å². The number of hydrogen-bond acceptors (Lipinski definition) is 5. The van der Waals surface area contributed by atoms with Gasteiger partial charge < -0.3 is 10.1 Å². The maximum absolute atomic E-state index is 12.7. The van der Waals surface area contributed by atoms with E-state index < -0.39 is 6.04 Å². The van der Waals surface area contributed by atoms with E-state index in [1.807, 2.05) is 37.4 Å². The monoisotopic (exact) mass is 356 g/mol. The molecule has 0 unspecified atom stereocenters. The third kappa shape index (κ3) is 3.79. The zero-order valence-electron chi connectivity index (χ0n) is 14.2. The van der Waals surface area contributed by atoms with Gasteiger partial charge in [-0.15, -0.1) is 11.8 Å². The quantitative estimate of drug-likeness (QED) is 0.634. The first-order chi connectivity index (χ1) is 12.1. The second kappa shape index (κ2) is 7.61. The van der Waals surface area contributed by atoms with Crippen molar-refractivity contribution in [2.24, 2.45) is 0 Å². The molecule has 0 aliphatic carbocycles. The topological polar surface area (TPSA) is 58.6 Å². The zero-order chi connectivity index (χ0) is 17.8. The molecule has 2 aromatic carbocycles. The molecule has 0 aromatic heterocycles. The third-order valence-electron chi connectivity index (χ3n) is 3.98. The van der Waals surface area contributed by atoms with Crippen LogP contribution in [-0.2, 0) is 9.59 Å². The normalized spacial score (nSPS) is 17.0. The number of carbonyl (C=O) groups excluding carboxylic acids is 2. The Morgan fingerprint density at radius 1 is 1.12 bits per heavy atom. The maximum atomic E-state index is 12.7. The first-order valence-electron chi connectivity index (χ1n) is 8.12. The number of benzene rings is 2. The molecule has 1 N–H and O–H groups in total. The lowest BCUT2D eigenvalue weighted by molar-refractivity contribution is -0.121. The minimum atomic E-state index is -0.542. The Balaban J connectivity index is 1.72. The van der Waals surface area contributed by atoms with Crippen molar-refractivity contribution in [2.45, 2.75) is 24.3 Å². The highest BCUT2D eigenvalue weighted by atomic mass is 32.2. The van der Waals surface area contributed by atoms with E-state index in [1.165, 1.54) is 4.90 Å². The second-order valence-electron chi connectivity index (χ2n) is 5.62. The molecule has 0 bridgehead atoms. The fourth-order valence-electron chi connectivity index (χ4n) is 2.76. The molecule has 2 amide bonds. The number of rotatable bonds is 6. The molecule has 1 fully saturated rings. The Morgan fingerprint density at radius 2 is 1.80 bits per heavy atom. The van der Waals surface area contributed by atoms with Gasteiger partial charge in [0.2, 0.25) is 5.91 Å². The van der Waals surface area contributed by atoms with Gasteiger partial charge in [-0.3, -0.25) is 9.59 Å². The molecule has 0 radical (unpaired) electrons. The van der Waals surface area contributed by atoms with Gasteiger partial charge in [-0.1, -0.05) is 0 Å². The summed E-state index contributed by atoms with van der Waals surface area (Å²) in [5, 5.41) is 3.16. The van der Waals surface area contributed by atoms with Gasteiger partial charge in [0, 0.05) is 10.6 Å². The SMILES string of the molecule is CCOc1ccc(N2C(=O)C[C@H](Nc3ccc(SC)cc3)C2=O)cc1. The summed E-state index contributed by atoms with van der Waals surface area (Å²) in [4.78, 5) is 27.4. The van der Waals surface area contributed by atoms with Crippen LogP contribution >= 0.6 is 11.8 Å². The number of carbonyl (C=O) groups is 2. The van der Waals surface area contributed by atoms with Gasteiger partial charge in [0.25, 0.3) is 5.91 Å². The molecule has 0 saturated carbocycles. The number of amides is 2. The third-order valence-corrected chi connectivity index (χ3v) is 4.73. The first-order valence-corrected chi connectivity index (χ1v) is 9.35. The minimum Gasteiger partial charge on any atom is -0.494 e. The molecule has 1 heterocycles. The van der Waals surface area contributed by atoms with Crippen LogP contribution in [0.25, 0.3) is 0 Å². The number of imide groups is 1. The van der Waals surface area contributed by atoms with Crippen LogP contribution in [0.2, 0.25) is 0 Å². The average molecular weight is 356 g/mol. The lowest BCUT2D eigenvalue weighted by atomic mass is 10.2. The molecule has 2 aromatic rings. The van der Waals surface area contributed by atoms with Crippen molar-refractivity contribution in [1.82, 2.24) is 0 Å². The van der Waals surface area contributed by atoms with Gasteiger partial charge in [0.05, 0.1) is 18.7 Å². The molecule has 1 saturated heterocycles. The van der Waals surface area contributed by atoms with E-state index in [0.717, 1.165) is 10.6 Å². The minimum absolute atomic E-state index is 0.149. The molecule has 6 heteroatoms. The standard InChI is InChI=1S/C19H20N2O3S/c1-3-24-15-8-6-14(7-9-15)21-18(22)12-17(19(21)23)20-13-4-10-16(25-2)11-5-13/h4-11,17,20H,3,12H2,1-2H3/t17-/m0/s1. The van der Waals surface area contributed by atoms with E-state index in [2.05, 4.69) is 5.32 Å². The number of hydrogen-bond donors (Lipinski definition) is 1. The van der Waals surface area contributed by atoms with Crippen LogP contribution in [0.3, 0.4) is 0 Å². The van der Waals surface area contributed by atoms with Crippen molar-refractivity contribution in [3.05, 3.63) is 48.5 Å². The van der Waals surface area contributed by atoms with Crippen molar-refractivity contribution in [2.75, 3.05) is 23.1 Å². The summed E-state index contributed by atoms with van der Waals surface area (Å²) in [6.07, 6.45) is 2.16. The van der Waals surface area contributed by atoms with Gasteiger partial charge in [0.15, 0.2) is 0 Å². The van der Waals surface area contributed by atoms with E-state index in [1.54, 1.807) is 36.0 Å². The van der Waals surface area contributed by atoms with Crippen LogP contribution in [0.1, 0.15) is 13.3 Å². The van der Waals surface area contributed by atoms with Gasteiger partial charge in [-0.05, 0) is 61.7 Å². The van der Waals surface area contributed by atoms with Gasteiger partial charge >= 0.3 is 0 Å². The molecule has 130 valence electrons. The number of thioether (sulfide) groups is 1. The van der Waals surface area contributed by atoms with E-state index >= 15 is 0 Å². The fraction of sp³-hybridized carbons (Fsp3) is 0.263. The smallest absolute Gasteiger partial charge is 0.256 e. The summed E-state index contributed by atoms with van der Waals surface area (Å²) < 4.78 is 5.39. The summed E-state index contributed by atoms with van der Waals surface area (Å²) in [5.74, 6) is 0.282. The highest BCUT2D eigenvalue weighted by Crippen LogP contribution is 2.27. The zero-order valence-corrected chi connectivity index (χ0v) is 15.0. The molecule has 25 heavy (non-hydrogen) atoms. The Morgan fingerprint density at radius 3 is 2.40 bits per heavy atom. The van der Waals surface area contributed by atoms with Crippen molar-refractivity contribution in [1.29, 1.82) is 0 Å². The highest BCUT2D eigenvalue weighted by molar-refractivity contribution is 7.98. The second-order valence-corrected chi connectivity index (χ2v) is 6.50. The molecular weight excluding hydrogens is 336 g/mol.